The SMILES string of the molecule is CC/C=C\C/C=C\C/C=C\C/C=C\CCCCCCCCCCCCC(=O)OC(COC(=O)CCCCCCC/C=C\CCCCCCCCC)COC(OCC[N+](C)(C)C)C(=O)[O-]. The molecule has 0 saturated heterocycles. The Kier molecular flexibility index (Phi) is 44.3. The molecule has 0 amide bonds. The van der Waals surface area contributed by atoms with Crippen LogP contribution in [0.15, 0.2) is 60.8 Å². The summed E-state index contributed by atoms with van der Waals surface area (Å²) >= 11 is 0. The highest BCUT2D eigenvalue weighted by Gasteiger charge is 2.22. The summed E-state index contributed by atoms with van der Waals surface area (Å²) in [7, 11) is 5.91. The van der Waals surface area contributed by atoms with Gasteiger partial charge in [-0.05, 0) is 77.0 Å². The molecule has 0 aromatic rings. The van der Waals surface area contributed by atoms with Gasteiger partial charge in [-0.25, -0.2) is 0 Å². The van der Waals surface area contributed by atoms with Crippen molar-refractivity contribution in [1.29, 1.82) is 0 Å². The van der Waals surface area contributed by atoms with E-state index in [2.05, 4.69) is 74.6 Å². The van der Waals surface area contributed by atoms with Gasteiger partial charge in [0.05, 0.1) is 40.3 Å². The smallest absolute Gasteiger partial charge is 0.306 e. The molecule has 0 aliphatic rings. The highest BCUT2D eigenvalue weighted by molar-refractivity contribution is 5.70. The molecule has 370 valence electrons. The molecule has 0 aliphatic heterocycles. The zero-order chi connectivity index (χ0) is 47.0. The van der Waals surface area contributed by atoms with E-state index < -0.39 is 24.3 Å². The average Bonchev–Trinajstić information content (AvgIpc) is 3.26. The van der Waals surface area contributed by atoms with E-state index in [-0.39, 0.29) is 38.6 Å². The van der Waals surface area contributed by atoms with Crippen molar-refractivity contribution in [3.05, 3.63) is 60.8 Å². The molecule has 0 saturated carbocycles. The van der Waals surface area contributed by atoms with Crippen LogP contribution in [0, 0.1) is 0 Å². The van der Waals surface area contributed by atoms with Gasteiger partial charge in [-0.3, -0.25) is 9.59 Å². The third-order valence-corrected chi connectivity index (χ3v) is 11.0. The first kappa shape index (κ1) is 61.0. The summed E-state index contributed by atoms with van der Waals surface area (Å²) in [5.74, 6) is -2.30. The summed E-state index contributed by atoms with van der Waals surface area (Å²) in [5, 5.41) is 11.7. The lowest BCUT2D eigenvalue weighted by molar-refractivity contribution is -0.870. The molecule has 0 aromatic carbocycles. The van der Waals surface area contributed by atoms with E-state index in [4.69, 9.17) is 18.9 Å². The van der Waals surface area contributed by atoms with Gasteiger partial charge in [0.25, 0.3) is 0 Å². The number of unbranched alkanes of at least 4 members (excludes halogenated alkanes) is 22. The Labute approximate surface area is 393 Å². The molecule has 0 bridgehead atoms. The Morgan fingerprint density at radius 2 is 0.891 bits per heavy atom. The minimum atomic E-state index is -1.62. The Balaban J connectivity index is 4.34. The number of quaternary nitrogens is 1. The van der Waals surface area contributed by atoms with Crippen LogP contribution >= 0.6 is 0 Å². The number of nitrogens with zero attached hydrogens (tertiary/aromatic N) is 1. The van der Waals surface area contributed by atoms with Crippen molar-refractivity contribution in [3.63, 3.8) is 0 Å². The fourth-order valence-electron chi connectivity index (χ4n) is 6.99. The Hall–Kier alpha value is -3.01. The van der Waals surface area contributed by atoms with Crippen LogP contribution in [-0.2, 0) is 33.3 Å². The van der Waals surface area contributed by atoms with Crippen molar-refractivity contribution in [2.24, 2.45) is 0 Å². The van der Waals surface area contributed by atoms with Gasteiger partial charge in [-0.2, -0.15) is 0 Å². The van der Waals surface area contributed by atoms with Gasteiger partial charge in [0.2, 0.25) is 0 Å². The van der Waals surface area contributed by atoms with Gasteiger partial charge in [0.15, 0.2) is 12.4 Å². The van der Waals surface area contributed by atoms with Gasteiger partial charge >= 0.3 is 11.9 Å². The van der Waals surface area contributed by atoms with Gasteiger partial charge in [-0.1, -0.05) is 184 Å². The number of hydrogen-bond acceptors (Lipinski definition) is 8. The van der Waals surface area contributed by atoms with E-state index in [1.807, 2.05) is 21.1 Å². The molecule has 0 spiro atoms. The average molecular weight is 900 g/mol. The number of carboxylic acids is 1. The maximum atomic E-state index is 12.8. The summed E-state index contributed by atoms with van der Waals surface area (Å²) in [6.45, 7) is 4.62. The first-order valence-corrected chi connectivity index (χ1v) is 25.9. The standard InChI is InChI=1S/C55H97NO8/c1-6-8-10-12-14-16-18-20-22-24-25-26-27-28-29-30-32-34-36-38-40-42-44-46-53(58)64-51(50-63-55(54(59)60)61-48-47-56(3,4)5)49-62-52(57)45-43-41-39-37-35-33-31-23-21-19-17-15-13-11-9-7-2/h8,10,14,16,20,22-23,25-26,31,51,55H,6-7,9,11-13,15,17-19,21,24,27-30,32-50H2,1-5H3/b10-8-,16-14-,22-20-,26-25-,31-23-. The van der Waals surface area contributed by atoms with Crippen LogP contribution < -0.4 is 5.11 Å². The molecule has 9 heteroatoms. The third kappa shape index (κ3) is 47.0. The molecular weight excluding hydrogens is 803 g/mol. The van der Waals surface area contributed by atoms with Crippen LogP contribution in [0.4, 0.5) is 0 Å². The predicted octanol–water partition coefficient (Wildman–Crippen LogP) is 13.2. The molecule has 0 fully saturated rings. The summed E-state index contributed by atoms with van der Waals surface area (Å²) in [6, 6.07) is 0. The monoisotopic (exact) mass is 900 g/mol. The van der Waals surface area contributed by atoms with Crippen molar-refractivity contribution < 1.29 is 42.9 Å². The molecule has 2 unspecified atom stereocenters. The summed E-state index contributed by atoms with van der Waals surface area (Å²) in [6.07, 6.45) is 53.9. The zero-order valence-electron chi connectivity index (χ0n) is 41.9. The van der Waals surface area contributed by atoms with Crippen LogP contribution in [0.1, 0.15) is 213 Å². The number of rotatable bonds is 47. The number of aliphatic carboxylic acids is 1. The minimum Gasteiger partial charge on any atom is -0.545 e. The maximum absolute atomic E-state index is 12.8. The molecule has 0 heterocycles. The number of ether oxygens (including phenoxy) is 4. The largest absolute Gasteiger partial charge is 0.545 e. The Bertz CT molecular complexity index is 1230. The number of carbonyl (C=O) groups excluding carboxylic acids is 3. The van der Waals surface area contributed by atoms with Gasteiger partial charge in [0, 0.05) is 12.8 Å². The zero-order valence-corrected chi connectivity index (χ0v) is 41.9. The highest BCUT2D eigenvalue weighted by Crippen LogP contribution is 2.15. The second-order valence-electron chi connectivity index (χ2n) is 18.4. The summed E-state index contributed by atoms with van der Waals surface area (Å²) in [4.78, 5) is 37.1. The fourth-order valence-corrected chi connectivity index (χ4v) is 6.99. The third-order valence-electron chi connectivity index (χ3n) is 11.0. The maximum Gasteiger partial charge on any atom is 0.306 e. The van der Waals surface area contributed by atoms with Gasteiger partial charge in [0.1, 0.15) is 13.2 Å². The van der Waals surface area contributed by atoms with Crippen LogP contribution in [0.25, 0.3) is 0 Å². The molecular formula is C55H97NO8. The van der Waals surface area contributed by atoms with Crippen LogP contribution in [-0.4, -0.2) is 82.3 Å². The van der Waals surface area contributed by atoms with Crippen molar-refractivity contribution in [1.82, 2.24) is 0 Å². The van der Waals surface area contributed by atoms with E-state index >= 15 is 0 Å². The lowest BCUT2D eigenvalue weighted by Gasteiger charge is -2.26. The first-order chi connectivity index (χ1) is 31.1. The second-order valence-corrected chi connectivity index (χ2v) is 18.4. The van der Waals surface area contributed by atoms with E-state index in [1.54, 1.807) is 0 Å². The van der Waals surface area contributed by atoms with E-state index in [1.165, 1.54) is 89.9 Å². The molecule has 0 rings (SSSR count). The van der Waals surface area contributed by atoms with Crippen LogP contribution in [0.3, 0.4) is 0 Å². The number of esters is 2. The van der Waals surface area contributed by atoms with Crippen molar-refractivity contribution in [2.45, 2.75) is 225 Å². The predicted molar refractivity (Wildman–Crippen MR) is 265 cm³/mol. The van der Waals surface area contributed by atoms with E-state index in [9.17, 15) is 19.5 Å². The number of carboxylic acid groups (broad SMARTS) is 1. The highest BCUT2D eigenvalue weighted by atomic mass is 16.7. The van der Waals surface area contributed by atoms with Crippen molar-refractivity contribution >= 4 is 17.9 Å². The van der Waals surface area contributed by atoms with E-state index in [0.29, 0.717) is 17.4 Å². The lowest BCUT2D eigenvalue weighted by atomic mass is 10.0. The van der Waals surface area contributed by atoms with Crippen molar-refractivity contribution in [3.8, 4) is 0 Å². The Morgan fingerprint density at radius 1 is 0.484 bits per heavy atom. The molecule has 0 N–H and O–H groups in total. The summed E-state index contributed by atoms with van der Waals surface area (Å²) in [5.41, 5.74) is 0. The number of likely N-dealkylation sites (N-methyl/N-ethyl adjacent to an activating group) is 1. The molecule has 9 nitrogen and oxygen atoms in total. The molecule has 2 atom stereocenters. The Morgan fingerprint density at radius 3 is 1.34 bits per heavy atom. The number of carbonyl (C=O) groups is 3. The van der Waals surface area contributed by atoms with Crippen LogP contribution in [0.2, 0.25) is 0 Å². The van der Waals surface area contributed by atoms with E-state index in [0.717, 1.165) is 89.9 Å². The molecule has 0 aromatic heterocycles. The number of allylic oxidation sites excluding steroid dienone is 10. The van der Waals surface area contributed by atoms with Crippen molar-refractivity contribution in [2.75, 3.05) is 47.5 Å². The minimum absolute atomic E-state index is 0.144. The molecule has 0 radical (unpaired) electrons. The topological polar surface area (TPSA) is 111 Å². The fraction of sp³-hybridized carbons (Fsp3) is 0.764. The second kappa shape index (κ2) is 46.5. The normalized spacial score (nSPS) is 13.3. The molecule has 64 heavy (non-hydrogen) atoms. The quantitative estimate of drug-likeness (QED) is 0.0195. The molecule has 0 aliphatic carbocycles. The van der Waals surface area contributed by atoms with Crippen LogP contribution in [0.5, 0.6) is 0 Å². The van der Waals surface area contributed by atoms with Gasteiger partial charge < -0.3 is 33.3 Å². The summed E-state index contributed by atoms with van der Waals surface area (Å²) < 4.78 is 22.6. The van der Waals surface area contributed by atoms with Gasteiger partial charge in [-0.15, -0.1) is 0 Å². The number of hydrogen-bond donors (Lipinski definition) is 0. The lowest BCUT2D eigenvalue weighted by Crippen LogP contribution is -2.44. The first-order valence-electron chi connectivity index (χ1n) is 25.9.